The summed E-state index contributed by atoms with van der Waals surface area (Å²) in [6.45, 7) is 7.15. The molecule has 1 rings (SSSR count). The van der Waals surface area contributed by atoms with Gasteiger partial charge in [-0.05, 0) is 53.4 Å². The minimum Gasteiger partial charge on any atom is -0.480 e. The van der Waals surface area contributed by atoms with E-state index in [0.717, 1.165) is 25.7 Å². The third kappa shape index (κ3) is 6.23. The van der Waals surface area contributed by atoms with E-state index in [0.29, 0.717) is 0 Å². The molecule has 0 saturated heterocycles. The number of hydrogen-bond donors (Lipinski definition) is 3. The number of nitrogens with one attached hydrogen (secondary N) is 2. The molecule has 0 aliphatic heterocycles. The molecule has 0 aromatic rings. The lowest BCUT2D eigenvalue weighted by Gasteiger charge is -2.31. The van der Waals surface area contributed by atoms with Crippen molar-refractivity contribution in [2.45, 2.75) is 77.1 Å². The van der Waals surface area contributed by atoms with Gasteiger partial charge in [0, 0.05) is 12.1 Å². The topological polar surface area (TPSA) is 87.7 Å². The fourth-order valence-corrected chi connectivity index (χ4v) is 2.30. The van der Waals surface area contributed by atoms with Crippen LogP contribution >= 0.6 is 0 Å². The summed E-state index contributed by atoms with van der Waals surface area (Å²) in [4.78, 5) is 22.4. The molecule has 3 N–H and O–H groups in total. The minimum absolute atomic E-state index is 0.114. The summed E-state index contributed by atoms with van der Waals surface area (Å²) >= 11 is 0. The minimum atomic E-state index is -0.834. The lowest BCUT2D eigenvalue weighted by atomic mass is 9.91. The Balaban J connectivity index is 2.29. The molecule has 0 heterocycles. The van der Waals surface area contributed by atoms with E-state index in [2.05, 4.69) is 10.6 Å². The van der Waals surface area contributed by atoms with Crippen LogP contribution in [0.2, 0.25) is 0 Å². The third-order valence-corrected chi connectivity index (χ3v) is 3.30. The predicted molar refractivity (Wildman–Crippen MR) is 75.6 cm³/mol. The van der Waals surface area contributed by atoms with Gasteiger partial charge in [-0.1, -0.05) is 0 Å². The highest BCUT2D eigenvalue weighted by Gasteiger charge is 2.26. The summed E-state index contributed by atoms with van der Waals surface area (Å²) in [7, 11) is 0. The Morgan fingerprint density at radius 1 is 1.15 bits per heavy atom. The molecule has 0 spiro atoms. The van der Waals surface area contributed by atoms with Crippen molar-refractivity contribution in [3.63, 3.8) is 0 Å². The van der Waals surface area contributed by atoms with E-state index in [-0.39, 0.29) is 18.2 Å². The molecule has 0 aromatic heterocycles. The summed E-state index contributed by atoms with van der Waals surface area (Å²) in [5, 5.41) is 14.8. The molecule has 1 fully saturated rings. The van der Waals surface area contributed by atoms with Gasteiger partial charge in [0.15, 0.2) is 0 Å². The van der Waals surface area contributed by atoms with Crippen molar-refractivity contribution in [2.75, 3.05) is 0 Å². The molecule has 20 heavy (non-hydrogen) atoms. The average Bonchev–Trinajstić information content (AvgIpc) is 2.28. The van der Waals surface area contributed by atoms with Crippen molar-refractivity contribution in [1.82, 2.24) is 10.6 Å². The second-order valence-corrected chi connectivity index (χ2v) is 6.42. The van der Waals surface area contributed by atoms with E-state index in [1.165, 1.54) is 0 Å². The Hall–Kier alpha value is -1.30. The van der Waals surface area contributed by atoms with E-state index in [9.17, 15) is 9.59 Å². The summed E-state index contributed by atoms with van der Waals surface area (Å²) in [6, 6.07) is -0.212. The van der Waals surface area contributed by atoms with Crippen LogP contribution in [0.4, 0.5) is 4.79 Å². The molecule has 116 valence electrons. The molecule has 6 heteroatoms. The highest BCUT2D eigenvalue weighted by molar-refractivity contribution is 5.72. The number of carbonyl (C=O) groups excluding carboxylic acids is 1. The van der Waals surface area contributed by atoms with Crippen molar-refractivity contribution in [2.24, 2.45) is 0 Å². The molecule has 1 saturated carbocycles. The SMILES string of the molecule is CC(NC1CCC(NC(=O)OC(C)(C)C)CC1)C(=O)O. The molecular weight excluding hydrogens is 260 g/mol. The monoisotopic (exact) mass is 286 g/mol. The van der Waals surface area contributed by atoms with Crippen molar-refractivity contribution >= 4 is 12.1 Å². The lowest BCUT2D eigenvalue weighted by Crippen LogP contribution is -2.47. The van der Waals surface area contributed by atoms with Gasteiger partial charge in [-0.2, -0.15) is 0 Å². The molecule has 0 aromatic carbocycles. The first-order valence-corrected chi connectivity index (χ1v) is 7.16. The van der Waals surface area contributed by atoms with Crippen LogP contribution in [0.25, 0.3) is 0 Å². The Kier molecular flexibility index (Phi) is 5.80. The number of carboxylic acids is 1. The maximum absolute atomic E-state index is 11.6. The standard InChI is InChI=1S/C14H26N2O4/c1-9(12(17)18)15-10-5-7-11(8-6-10)16-13(19)20-14(2,3)4/h9-11,15H,5-8H2,1-4H3,(H,16,19)(H,17,18). The van der Waals surface area contributed by atoms with Gasteiger partial charge in [0.25, 0.3) is 0 Å². The highest BCUT2D eigenvalue weighted by Crippen LogP contribution is 2.19. The molecule has 1 aliphatic rings. The Morgan fingerprint density at radius 2 is 1.65 bits per heavy atom. The van der Waals surface area contributed by atoms with Crippen LogP contribution in [0.5, 0.6) is 0 Å². The van der Waals surface area contributed by atoms with E-state index in [4.69, 9.17) is 9.84 Å². The van der Waals surface area contributed by atoms with Gasteiger partial charge in [0.1, 0.15) is 11.6 Å². The van der Waals surface area contributed by atoms with Crippen LogP contribution < -0.4 is 10.6 Å². The zero-order valence-corrected chi connectivity index (χ0v) is 12.7. The van der Waals surface area contributed by atoms with Crippen molar-refractivity contribution in [3.05, 3.63) is 0 Å². The summed E-state index contributed by atoms with van der Waals surface area (Å²) in [6.07, 6.45) is 3.01. The second-order valence-electron chi connectivity index (χ2n) is 6.42. The van der Waals surface area contributed by atoms with E-state index in [1.807, 2.05) is 20.8 Å². The first-order valence-electron chi connectivity index (χ1n) is 7.16. The van der Waals surface area contributed by atoms with Gasteiger partial charge >= 0.3 is 12.1 Å². The quantitative estimate of drug-likeness (QED) is 0.734. The van der Waals surface area contributed by atoms with E-state index >= 15 is 0 Å². The van der Waals surface area contributed by atoms with Crippen LogP contribution in [0.15, 0.2) is 0 Å². The van der Waals surface area contributed by atoms with Gasteiger partial charge < -0.3 is 20.5 Å². The van der Waals surface area contributed by atoms with Crippen molar-refractivity contribution in [1.29, 1.82) is 0 Å². The maximum atomic E-state index is 11.6. The Bertz CT molecular complexity index is 344. The molecule has 0 bridgehead atoms. The lowest BCUT2D eigenvalue weighted by molar-refractivity contribution is -0.139. The molecule has 0 radical (unpaired) electrons. The van der Waals surface area contributed by atoms with Gasteiger partial charge in [0.05, 0.1) is 0 Å². The fraction of sp³-hybridized carbons (Fsp3) is 0.857. The van der Waals surface area contributed by atoms with Gasteiger partial charge in [0.2, 0.25) is 0 Å². The van der Waals surface area contributed by atoms with Crippen molar-refractivity contribution in [3.8, 4) is 0 Å². The van der Waals surface area contributed by atoms with Crippen LogP contribution in [-0.4, -0.2) is 40.9 Å². The number of amides is 1. The number of carboxylic acid groups (broad SMARTS) is 1. The highest BCUT2D eigenvalue weighted by atomic mass is 16.6. The third-order valence-electron chi connectivity index (χ3n) is 3.30. The average molecular weight is 286 g/mol. The number of alkyl carbamates (subject to hydrolysis) is 1. The van der Waals surface area contributed by atoms with Crippen molar-refractivity contribution < 1.29 is 19.4 Å². The zero-order chi connectivity index (χ0) is 15.3. The summed E-state index contributed by atoms with van der Waals surface area (Å²) in [5.41, 5.74) is -0.486. The predicted octanol–water partition coefficient (Wildman–Crippen LogP) is 1.88. The molecule has 1 aliphatic carbocycles. The first kappa shape index (κ1) is 16.8. The van der Waals surface area contributed by atoms with Crippen LogP contribution in [-0.2, 0) is 9.53 Å². The largest absolute Gasteiger partial charge is 0.480 e. The molecule has 6 nitrogen and oxygen atoms in total. The van der Waals surface area contributed by atoms with Gasteiger partial charge in [-0.15, -0.1) is 0 Å². The van der Waals surface area contributed by atoms with E-state index < -0.39 is 17.6 Å². The summed E-state index contributed by atoms with van der Waals surface area (Å²) < 4.78 is 5.22. The Labute approximate surface area is 120 Å². The first-order chi connectivity index (χ1) is 9.17. The summed E-state index contributed by atoms with van der Waals surface area (Å²) in [5.74, 6) is -0.834. The van der Waals surface area contributed by atoms with E-state index in [1.54, 1.807) is 6.92 Å². The maximum Gasteiger partial charge on any atom is 0.407 e. The fourth-order valence-electron chi connectivity index (χ4n) is 2.30. The van der Waals surface area contributed by atoms with Gasteiger partial charge in [-0.3, -0.25) is 4.79 Å². The van der Waals surface area contributed by atoms with Gasteiger partial charge in [-0.25, -0.2) is 4.79 Å². The van der Waals surface area contributed by atoms with Crippen LogP contribution in [0, 0.1) is 0 Å². The number of aliphatic carboxylic acids is 1. The van der Waals surface area contributed by atoms with Crippen LogP contribution in [0.1, 0.15) is 53.4 Å². The molecule has 1 amide bonds. The zero-order valence-electron chi connectivity index (χ0n) is 12.7. The molecule has 1 atom stereocenters. The smallest absolute Gasteiger partial charge is 0.407 e. The Morgan fingerprint density at radius 3 is 2.10 bits per heavy atom. The normalized spacial score (nSPS) is 24.8. The number of carbonyl (C=O) groups is 2. The second kappa shape index (κ2) is 6.92. The number of rotatable bonds is 4. The molecule has 1 unspecified atom stereocenters. The van der Waals surface area contributed by atoms with Crippen LogP contribution in [0.3, 0.4) is 0 Å². The molecular formula is C14H26N2O4. The number of ether oxygens (including phenoxy) is 1. The number of hydrogen-bond acceptors (Lipinski definition) is 4.